The first kappa shape index (κ1) is 8.47. The Bertz CT molecular complexity index is 346. The van der Waals surface area contributed by atoms with Crippen LogP contribution in [0.4, 0.5) is 0 Å². The van der Waals surface area contributed by atoms with Crippen LogP contribution >= 0.6 is 0 Å². The number of carbonyl (C=O) groups excluding carboxylic acids is 1. The molecule has 1 aromatic rings. The summed E-state index contributed by atoms with van der Waals surface area (Å²) in [7, 11) is 0. The van der Waals surface area contributed by atoms with Crippen molar-refractivity contribution in [3.63, 3.8) is 0 Å². The first-order chi connectivity index (χ1) is 5.63. The second-order valence-corrected chi connectivity index (χ2v) is 2.62. The number of Topliss-reactive ketones (excluding diaryl/α,β-unsaturated/α-hetero) is 1. The Morgan fingerprint density at radius 3 is 2.83 bits per heavy atom. The number of aryl methyl sites for hydroxylation is 2. The zero-order valence-electron chi connectivity index (χ0n) is 7.03. The minimum atomic E-state index is -0.471. The molecule has 0 aliphatic rings. The standard InChI is InChI=1S/C8H9N3O/c1-6-3-7(2)11(10-6)5-8(12)4-9/h3H,5H2,1-2H3. The second kappa shape index (κ2) is 3.18. The molecule has 0 amide bonds. The van der Waals surface area contributed by atoms with Crippen molar-refractivity contribution >= 4 is 5.78 Å². The zero-order valence-corrected chi connectivity index (χ0v) is 7.03. The largest absolute Gasteiger partial charge is 0.280 e. The molecule has 1 aromatic heterocycles. The third-order valence-corrected chi connectivity index (χ3v) is 1.52. The summed E-state index contributed by atoms with van der Waals surface area (Å²) in [5, 5.41) is 12.3. The Hall–Kier alpha value is -1.63. The minimum absolute atomic E-state index is 0.0518. The summed E-state index contributed by atoms with van der Waals surface area (Å²) in [6.07, 6.45) is 0. The van der Waals surface area contributed by atoms with E-state index < -0.39 is 5.78 Å². The van der Waals surface area contributed by atoms with Crippen molar-refractivity contribution in [2.45, 2.75) is 20.4 Å². The number of carbonyl (C=O) groups is 1. The molecule has 4 nitrogen and oxygen atoms in total. The lowest BCUT2D eigenvalue weighted by atomic mass is 10.4. The maximum absolute atomic E-state index is 10.7. The van der Waals surface area contributed by atoms with E-state index in [1.54, 1.807) is 6.07 Å². The average molecular weight is 163 g/mol. The Kier molecular flexibility index (Phi) is 2.24. The normalized spacial score (nSPS) is 9.42. The van der Waals surface area contributed by atoms with Crippen molar-refractivity contribution < 1.29 is 4.79 Å². The lowest BCUT2D eigenvalue weighted by Crippen LogP contribution is -2.10. The van der Waals surface area contributed by atoms with Crippen LogP contribution < -0.4 is 0 Å². The number of nitriles is 1. The Balaban J connectivity index is 2.84. The summed E-state index contributed by atoms with van der Waals surface area (Å²) in [6.45, 7) is 3.75. The number of hydrogen-bond acceptors (Lipinski definition) is 3. The quantitative estimate of drug-likeness (QED) is 0.599. The van der Waals surface area contributed by atoms with Gasteiger partial charge in [-0.05, 0) is 19.9 Å². The number of aromatic nitrogens is 2. The van der Waals surface area contributed by atoms with Crippen LogP contribution in [-0.2, 0) is 11.3 Å². The molecule has 0 aliphatic carbocycles. The molecule has 0 saturated heterocycles. The van der Waals surface area contributed by atoms with Gasteiger partial charge in [0, 0.05) is 5.69 Å². The topological polar surface area (TPSA) is 58.7 Å². The molecule has 62 valence electrons. The van der Waals surface area contributed by atoms with Gasteiger partial charge in [0.2, 0.25) is 0 Å². The fourth-order valence-electron chi connectivity index (χ4n) is 1.01. The molecule has 4 heteroatoms. The van der Waals surface area contributed by atoms with E-state index in [9.17, 15) is 4.79 Å². The SMILES string of the molecule is Cc1cc(C)n(CC(=O)C#N)n1. The van der Waals surface area contributed by atoms with Gasteiger partial charge in [0.15, 0.2) is 0 Å². The second-order valence-electron chi connectivity index (χ2n) is 2.62. The minimum Gasteiger partial charge on any atom is -0.280 e. The van der Waals surface area contributed by atoms with E-state index in [4.69, 9.17) is 5.26 Å². The van der Waals surface area contributed by atoms with Crippen molar-refractivity contribution in [2.24, 2.45) is 0 Å². The third-order valence-electron chi connectivity index (χ3n) is 1.52. The maximum Gasteiger partial charge on any atom is 0.253 e. The highest BCUT2D eigenvalue weighted by molar-refractivity contribution is 5.92. The van der Waals surface area contributed by atoms with Crippen molar-refractivity contribution in [1.82, 2.24) is 9.78 Å². The molecular weight excluding hydrogens is 154 g/mol. The average Bonchev–Trinajstić information content (AvgIpc) is 2.30. The first-order valence-corrected chi connectivity index (χ1v) is 3.57. The van der Waals surface area contributed by atoms with Gasteiger partial charge in [0.25, 0.3) is 5.78 Å². The monoisotopic (exact) mass is 163 g/mol. The van der Waals surface area contributed by atoms with Crippen molar-refractivity contribution in [1.29, 1.82) is 5.26 Å². The van der Waals surface area contributed by atoms with Gasteiger partial charge >= 0.3 is 0 Å². The highest BCUT2D eigenvalue weighted by atomic mass is 16.1. The summed E-state index contributed by atoms with van der Waals surface area (Å²) in [4.78, 5) is 10.7. The Labute approximate surface area is 70.4 Å². The van der Waals surface area contributed by atoms with Crippen molar-refractivity contribution in [2.75, 3.05) is 0 Å². The number of nitrogens with zero attached hydrogens (tertiary/aromatic N) is 3. The molecule has 12 heavy (non-hydrogen) atoms. The number of hydrogen-bond donors (Lipinski definition) is 0. The van der Waals surface area contributed by atoms with Gasteiger partial charge in [-0.2, -0.15) is 10.4 Å². The lowest BCUT2D eigenvalue weighted by Gasteiger charge is -1.97. The molecule has 0 fully saturated rings. The van der Waals surface area contributed by atoms with Crippen LogP contribution in [0.5, 0.6) is 0 Å². The van der Waals surface area contributed by atoms with E-state index in [1.165, 1.54) is 4.68 Å². The van der Waals surface area contributed by atoms with E-state index in [-0.39, 0.29) is 6.54 Å². The van der Waals surface area contributed by atoms with Gasteiger partial charge < -0.3 is 0 Å². The molecule has 0 N–H and O–H groups in total. The number of ketones is 1. The Morgan fingerprint density at radius 2 is 2.42 bits per heavy atom. The first-order valence-electron chi connectivity index (χ1n) is 3.57. The van der Waals surface area contributed by atoms with Crippen LogP contribution in [0, 0.1) is 25.2 Å². The fourth-order valence-corrected chi connectivity index (χ4v) is 1.01. The Morgan fingerprint density at radius 1 is 1.75 bits per heavy atom. The van der Waals surface area contributed by atoms with Gasteiger partial charge in [-0.1, -0.05) is 0 Å². The molecule has 0 spiro atoms. The highest BCUT2D eigenvalue weighted by Gasteiger charge is 2.04. The smallest absolute Gasteiger partial charge is 0.253 e. The lowest BCUT2D eigenvalue weighted by molar-refractivity contribution is -0.114. The van der Waals surface area contributed by atoms with Crippen molar-refractivity contribution in [3.8, 4) is 6.07 Å². The molecule has 0 aromatic carbocycles. The summed E-state index contributed by atoms with van der Waals surface area (Å²) < 4.78 is 1.53. The molecule has 0 aliphatic heterocycles. The summed E-state index contributed by atoms with van der Waals surface area (Å²) in [5.74, 6) is -0.471. The van der Waals surface area contributed by atoms with E-state index in [0.717, 1.165) is 11.4 Å². The van der Waals surface area contributed by atoms with E-state index in [0.29, 0.717) is 0 Å². The van der Waals surface area contributed by atoms with Gasteiger partial charge in [-0.3, -0.25) is 9.48 Å². The van der Waals surface area contributed by atoms with Crippen LogP contribution in [-0.4, -0.2) is 15.6 Å². The van der Waals surface area contributed by atoms with Gasteiger partial charge in [-0.25, -0.2) is 0 Å². The van der Waals surface area contributed by atoms with Crippen LogP contribution in [0.25, 0.3) is 0 Å². The van der Waals surface area contributed by atoms with E-state index in [2.05, 4.69) is 5.10 Å². The molecule has 1 heterocycles. The summed E-state index contributed by atoms with van der Waals surface area (Å²) in [6, 6.07) is 3.42. The van der Waals surface area contributed by atoms with Crippen LogP contribution in [0.3, 0.4) is 0 Å². The predicted octanol–water partition coefficient (Wildman–Crippen LogP) is 0.593. The van der Waals surface area contributed by atoms with Crippen LogP contribution in [0.1, 0.15) is 11.4 Å². The summed E-state index contributed by atoms with van der Waals surface area (Å²) >= 11 is 0. The van der Waals surface area contributed by atoms with E-state index >= 15 is 0 Å². The summed E-state index contributed by atoms with van der Waals surface area (Å²) in [5.41, 5.74) is 1.76. The van der Waals surface area contributed by atoms with Gasteiger partial charge in [0.1, 0.15) is 12.6 Å². The number of rotatable bonds is 2. The van der Waals surface area contributed by atoms with E-state index in [1.807, 2.05) is 19.9 Å². The molecule has 0 unspecified atom stereocenters. The molecule has 0 radical (unpaired) electrons. The van der Waals surface area contributed by atoms with Crippen molar-refractivity contribution in [3.05, 3.63) is 17.5 Å². The molecular formula is C8H9N3O. The van der Waals surface area contributed by atoms with Gasteiger partial charge in [0.05, 0.1) is 5.69 Å². The molecule has 1 rings (SSSR count). The third kappa shape index (κ3) is 1.70. The maximum atomic E-state index is 10.7. The van der Waals surface area contributed by atoms with Gasteiger partial charge in [-0.15, -0.1) is 0 Å². The molecule has 0 saturated carbocycles. The van der Waals surface area contributed by atoms with Crippen LogP contribution in [0.2, 0.25) is 0 Å². The molecule has 0 atom stereocenters. The fraction of sp³-hybridized carbons (Fsp3) is 0.375. The predicted molar refractivity (Wildman–Crippen MR) is 42.3 cm³/mol. The highest BCUT2D eigenvalue weighted by Crippen LogP contribution is 2.00. The molecule has 0 bridgehead atoms. The zero-order chi connectivity index (χ0) is 9.14. The van der Waals surface area contributed by atoms with Crippen LogP contribution in [0.15, 0.2) is 6.07 Å².